The molecule has 0 aliphatic carbocycles. The van der Waals surface area contributed by atoms with E-state index in [9.17, 15) is 14.3 Å². The van der Waals surface area contributed by atoms with Crippen LogP contribution in [0.4, 0.5) is 21.7 Å². The second-order valence-corrected chi connectivity index (χ2v) is 10.5. The number of aryl methyl sites for hydroxylation is 2. The average molecular weight is 534 g/mol. The number of benzene rings is 1. The number of piperazine rings is 1. The normalized spacial score (nSPS) is 18.4. The quantitative estimate of drug-likeness (QED) is 0.498. The van der Waals surface area contributed by atoms with Gasteiger partial charge in [0.2, 0.25) is 0 Å². The highest BCUT2D eigenvalue weighted by atomic mass is 19.1. The maximum absolute atomic E-state index is 13.9. The number of aromatic nitrogens is 3. The Hall–Kier alpha value is -3.79. The Morgan fingerprint density at radius 2 is 1.87 bits per heavy atom. The molecule has 5 rings (SSSR count). The Labute approximate surface area is 228 Å². The summed E-state index contributed by atoms with van der Waals surface area (Å²) in [5.41, 5.74) is 4.76. The summed E-state index contributed by atoms with van der Waals surface area (Å²) in [6.07, 6.45) is 4.79. The summed E-state index contributed by atoms with van der Waals surface area (Å²) in [6.45, 7) is 9.11. The average Bonchev–Trinajstić information content (AvgIpc) is 2.96. The number of aliphatic hydroxyl groups is 1. The van der Waals surface area contributed by atoms with E-state index in [4.69, 9.17) is 0 Å². The topological polar surface area (TPSA) is 97.7 Å². The highest BCUT2D eigenvalue weighted by molar-refractivity contribution is 5.99. The number of nitrogens with one attached hydrogen (secondary N) is 1. The zero-order valence-corrected chi connectivity index (χ0v) is 22.8. The molecule has 0 bridgehead atoms. The minimum absolute atomic E-state index is 0.0318. The van der Waals surface area contributed by atoms with Crippen molar-refractivity contribution in [2.75, 3.05) is 54.4 Å². The molecular weight excluding hydrogens is 497 g/mol. The maximum atomic E-state index is 13.9. The standard InChI is InChI=1S/C29H36FN7O2/c1-19-15-20(2)28(33-23-8-11-35(12-9-23)26-5-4-10-32-34-26)21(3)27(19)29(39)36-13-14-37(24(17-36)18-38)25-7-6-22(30)16-31-25/h4-7,10,15-16,23-24,33,38H,8-9,11-14,17-18H2,1-3H3/t24-/m0/s1. The van der Waals surface area contributed by atoms with Gasteiger partial charge in [0.1, 0.15) is 11.6 Å². The number of rotatable bonds is 6. The molecule has 39 heavy (non-hydrogen) atoms. The summed E-state index contributed by atoms with van der Waals surface area (Å²) in [5.74, 6) is 1.07. The Kier molecular flexibility index (Phi) is 7.92. The first kappa shape index (κ1) is 26.8. The van der Waals surface area contributed by atoms with Crippen LogP contribution in [-0.2, 0) is 0 Å². The summed E-state index contributed by atoms with van der Waals surface area (Å²) < 4.78 is 13.4. The van der Waals surface area contributed by atoms with E-state index in [1.54, 1.807) is 12.3 Å². The van der Waals surface area contributed by atoms with Gasteiger partial charge in [-0.1, -0.05) is 6.07 Å². The first-order valence-electron chi connectivity index (χ1n) is 13.5. The van der Waals surface area contributed by atoms with Crippen molar-refractivity contribution in [3.8, 4) is 0 Å². The molecule has 0 radical (unpaired) electrons. The van der Waals surface area contributed by atoms with Crippen molar-refractivity contribution in [3.05, 3.63) is 70.8 Å². The van der Waals surface area contributed by atoms with Gasteiger partial charge in [0.05, 0.1) is 18.8 Å². The lowest BCUT2D eigenvalue weighted by Gasteiger charge is -2.41. The van der Waals surface area contributed by atoms with Crippen molar-refractivity contribution in [1.82, 2.24) is 20.1 Å². The molecule has 0 spiro atoms. The largest absolute Gasteiger partial charge is 0.394 e. The van der Waals surface area contributed by atoms with Gasteiger partial charge >= 0.3 is 0 Å². The van der Waals surface area contributed by atoms with Gasteiger partial charge in [-0.3, -0.25) is 4.79 Å². The zero-order valence-electron chi connectivity index (χ0n) is 22.8. The Morgan fingerprint density at radius 1 is 1.08 bits per heavy atom. The third kappa shape index (κ3) is 5.66. The fraction of sp³-hybridized carbons (Fsp3) is 0.448. The van der Waals surface area contributed by atoms with Crippen LogP contribution in [0, 0.1) is 26.6 Å². The van der Waals surface area contributed by atoms with Gasteiger partial charge in [0, 0.05) is 56.2 Å². The van der Waals surface area contributed by atoms with Crippen LogP contribution in [0.25, 0.3) is 0 Å². The molecule has 2 aliphatic heterocycles. The van der Waals surface area contributed by atoms with E-state index >= 15 is 0 Å². The third-order valence-electron chi connectivity index (χ3n) is 7.90. The minimum Gasteiger partial charge on any atom is -0.394 e. The number of pyridine rings is 1. The Balaban J connectivity index is 1.29. The molecule has 0 unspecified atom stereocenters. The van der Waals surface area contributed by atoms with Gasteiger partial charge < -0.3 is 25.1 Å². The van der Waals surface area contributed by atoms with Crippen LogP contribution in [-0.4, -0.2) is 82.5 Å². The first-order chi connectivity index (χ1) is 18.9. The number of aliphatic hydroxyl groups excluding tert-OH is 1. The number of carbonyl (C=O) groups is 1. The van der Waals surface area contributed by atoms with Gasteiger partial charge in [0.25, 0.3) is 5.91 Å². The minimum atomic E-state index is -0.404. The summed E-state index contributed by atoms with van der Waals surface area (Å²) in [7, 11) is 0. The van der Waals surface area contributed by atoms with E-state index in [0.717, 1.165) is 54.1 Å². The molecule has 1 atom stereocenters. The number of hydrogen-bond donors (Lipinski definition) is 2. The van der Waals surface area contributed by atoms with Gasteiger partial charge in [-0.05, 0) is 74.6 Å². The molecular formula is C29H36FN7O2. The highest BCUT2D eigenvalue weighted by Crippen LogP contribution is 2.31. The molecule has 2 N–H and O–H groups in total. The van der Waals surface area contributed by atoms with E-state index in [-0.39, 0.29) is 18.6 Å². The van der Waals surface area contributed by atoms with E-state index < -0.39 is 5.82 Å². The van der Waals surface area contributed by atoms with Crippen molar-refractivity contribution >= 4 is 23.2 Å². The molecule has 206 valence electrons. The van der Waals surface area contributed by atoms with Gasteiger partial charge in [0.15, 0.2) is 5.82 Å². The lowest BCUT2D eigenvalue weighted by Crippen LogP contribution is -2.56. The van der Waals surface area contributed by atoms with E-state index in [1.807, 2.05) is 35.8 Å². The smallest absolute Gasteiger partial charge is 0.254 e. The Bertz CT molecular complexity index is 1300. The second kappa shape index (κ2) is 11.5. The summed E-state index contributed by atoms with van der Waals surface area (Å²) in [5, 5.41) is 22.1. The predicted molar refractivity (Wildman–Crippen MR) is 150 cm³/mol. The van der Waals surface area contributed by atoms with Crippen LogP contribution < -0.4 is 15.1 Å². The van der Waals surface area contributed by atoms with Gasteiger partial charge in [-0.15, -0.1) is 5.10 Å². The van der Waals surface area contributed by atoms with Crippen molar-refractivity contribution in [1.29, 1.82) is 0 Å². The molecule has 9 nitrogen and oxygen atoms in total. The van der Waals surface area contributed by atoms with Crippen molar-refractivity contribution in [2.24, 2.45) is 0 Å². The molecule has 10 heteroatoms. The van der Waals surface area contributed by atoms with Crippen LogP contribution in [0.2, 0.25) is 0 Å². The first-order valence-corrected chi connectivity index (χ1v) is 13.5. The number of hydrogen-bond acceptors (Lipinski definition) is 8. The third-order valence-corrected chi connectivity index (χ3v) is 7.90. The van der Waals surface area contributed by atoms with Crippen LogP contribution in [0.5, 0.6) is 0 Å². The summed E-state index contributed by atoms with van der Waals surface area (Å²) in [4.78, 5) is 24.0. The monoisotopic (exact) mass is 533 g/mol. The molecule has 2 aliphatic rings. The van der Waals surface area contributed by atoms with E-state index in [1.165, 1.54) is 12.3 Å². The number of amides is 1. The predicted octanol–water partition coefficient (Wildman–Crippen LogP) is 3.34. The lowest BCUT2D eigenvalue weighted by atomic mass is 9.94. The molecule has 2 fully saturated rings. The van der Waals surface area contributed by atoms with Crippen LogP contribution >= 0.6 is 0 Å². The molecule has 4 heterocycles. The lowest BCUT2D eigenvalue weighted by molar-refractivity contribution is 0.0697. The number of anilines is 3. The van der Waals surface area contributed by atoms with Crippen LogP contribution in [0.1, 0.15) is 39.9 Å². The molecule has 1 aromatic carbocycles. The molecule has 1 amide bonds. The number of nitrogens with zero attached hydrogens (tertiary/aromatic N) is 6. The van der Waals surface area contributed by atoms with Crippen molar-refractivity contribution in [3.63, 3.8) is 0 Å². The number of piperidine rings is 1. The summed E-state index contributed by atoms with van der Waals surface area (Å²) >= 11 is 0. The van der Waals surface area contributed by atoms with Crippen molar-refractivity contribution in [2.45, 2.75) is 45.7 Å². The number of carbonyl (C=O) groups excluding carboxylic acids is 1. The molecule has 2 aromatic heterocycles. The SMILES string of the molecule is Cc1cc(C)c(C(=O)N2CCN(c3ccc(F)cn3)[C@H](CO)C2)c(C)c1NC1CCN(c2cccnn2)CC1. The van der Waals surface area contributed by atoms with E-state index in [0.29, 0.717) is 37.1 Å². The maximum Gasteiger partial charge on any atom is 0.254 e. The van der Waals surface area contributed by atoms with Gasteiger partial charge in [-0.2, -0.15) is 5.10 Å². The molecule has 0 saturated carbocycles. The molecule has 3 aromatic rings. The van der Waals surface area contributed by atoms with E-state index in [2.05, 4.69) is 38.4 Å². The van der Waals surface area contributed by atoms with Gasteiger partial charge in [-0.25, -0.2) is 9.37 Å². The molecule has 2 saturated heterocycles. The highest BCUT2D eigenvalue weighted by Gasteiger charge is 2.32. The van der Waals surface area contributed by atoms with Crippen LogP contribution in [0.15, 0.2) is 42.7 Å². The van der Waals surface area contributed by atoms with Crippen LogP contribution in [0.3, 0.4) is 0 Å². The second-order valence-electron chi connectivity index (χ2n) is 10.5. The Morgan fingerprint density at radius 3 is 2.54 bits per heavy atom. The fourth-order valence-electron chi connectivity index (χ4n) is 5.85. The van der Waals surface area contributed by atoms with Crippen molar-refractivity contribution < 1.29 is 14.3 Å². The zero-order chi connectivity index (χ0) is 27.5. The fourth-order valence-corrected chi connectivity index (χ4v) is 5.85. The summed E-state index contributed by atoms with van der Waals surface area (Å²) in [6, 6.07) is 8.94. The number of halogens is 1.